The first-order chi connectivity index (χ1) is 6.70. The predicted molar refractivity (Wildman–Crippen MR) is 57.4 cm³/mol. The molecule has 2 unspecified atom stereocenters. The van der Waals surface area contributed by atoms with Gasteiger partial charge in [-0.1, -0.05) is 6.92 Å². The molecule has 2 saturated heterocycles. The van der Waals surface area contributed by atoms with Crippen molar-refractivity contribution in [1.82, 2.24) is 10.6 Å². The fourth-order valence-electron chi connectivity index (χ4n) is 2.25. The van der Waals surface area contributed by atoms with Crippen molar-refractivity contribution in [1.29, 1.82) is 0 Å². The highest BCUT2D eigenvalue weighted by Crippen LogP contribution is 2.25. The van der Waals surface area contributed by atoms with Crippen LogP contribution in [-0.4, -0.2) is 38.4 Å². The Morgan fingerprint density at radius 2 is 2.29 bits per heavy atom. The Morgan fingerprint density at radius 1 is 1.50 bits per heavy atom. The number of nitrogens with one attached hydrogen (secondary N) is 2. The summed E-state index contributed by atoms with van der Waals surface area (Å²) in [6.45, 7) is 8.70. The van der Waals surface area contributed by atoms with Gasteiger partial charge in [-0.05, 0) is 26.3 Å². The summed E-state index contributed by atoms with van der Waals surface area (Å²) in [5.41, 5.74) is 0.400. The number of hydrogen-bond acceptors (Lipinski definition) is 3. The highest BCUT2D eigenvalue weighted by atomic mass is 16.5. The van der Waals surface area contributed by atoms with E-state index in [1.807, 2.05) is 0 Å². The van der Waals surface area contributed by atoms with Crippen LogP contribution in [0.1, 0.15) is 26.7 Å². The maximum absolute atomic E-state index is 5.25. The molecular weight excluding hydrogens is 176 g/mol. The molecule has 3 heteroatoms. The van der Waals surface area contributed by atoms with E-state index in [0.29, 0.717) is 17.5 Å². The van der Waals surface area contributed by atoms with E-state index in [0.717, 1.165) is 19.8 Å². The zero-order valence-corrected chi connectivity index (χ0v) is 9.31. The van der Waals surface area contributed by atoms with E-state index < -0.39 is 0 Å². The minimum atomic E-state index is 0.400. The average molecular weight is 198 g/mol. The van der Waals surface area contributed by atoms with Crippen molar-refractivity contribution in [3.63, 3.8) is 0 Å². The minimum absolute atomic E-state index is 0.400. The maximum atomic E-state index is 5.25. The Bertz CT molecular complexity index is 192. The first kappa shape index (κ1) is 10.4. The standard InChI is InChI=1S/C11H22N2O/c1-9-10(4-3-5-12-9)13-6-11(2)7-14-8-11/h9-10,12-13H,3-8H2,1-2H3. The van der Waals surface area contributed by atoms with Crippen LogP contribution in [0.2, 0.25) is 0 Å². The number of ether oxygens (including phenoxy) is 1. The second-order valence-corrected chi connectivity index (χ2v) is 5.18. The Labute approximate surface area is 86.6 Å². The molecule has 2 rings (SSSR count). The molecule has 14 heavy (non-hydrogen) atoms. The van der Waals surface area contributed by atoms with E-state index in [1.54, 1.807) is 0 Å². The summed E-state index contributed by atoms with van der Waals surface area (Å²) in [7, 11) is 0. The highest BCUT2D eigenvalue weighted by molar-refractivity contribution is 4.88. The first-order valence-electron chi connectivity index (χ1n) is 5.74. The number of hydrogen-bond donors (Lipinski definition) is 2. The Morgan fingerprint density at radius 3 is 2.86 bits per heavy atom. The smallest absolute Gasteiger partial charge is 0.0554 e. The third-order valence-corrected chi connectivity index (χ3v) is 3.45. The van der Waals surface area contributed by atoms with Crippen molar-refractivity contribution in [2.75, 3.05) is 26.3 Å². The van der Waals surface area contributed by atoms with Gasteiger partial charge in [-0.25, -0.2) is 0 Å². The van der Waals surface area contributed by atoms with E-state index in [9.17, 15) is 0 Å². The molecule has 0 aromatic rings. The van der Waals surface area contributed by atoms with Crippen molar-refractivity contribution >= 4 is 0 Å². The largest absolute Gasteiger partial charge is 0.380 e. The van der Waals surface area contributed by atoms with Crippen LogP contribution >= 0.6 is 0 Å². The summed E-state index contributed by atoms with van der Waals surface area (Å²) in [4.78, 5) is 0. The van der Waals surface area contributed by atoms with Crippen molar-refractivity contribution in [2.24, 2.45) is 5.41 Å². The quantitative estimate of drug-likeness (QED) is 0.702. The van der Waals surface area contributed by atoms with Gasteiger partial charge in [0.2, 0.25) is 0 Å². The van der Waals surface area contributed by atoms with Gasteiger partial charge in [0.1, 0.15) is 0 Å². The molecule has 2 heterocycles. The summed E-state index contributed by atoms with van der Waals surface area (Å²) < 4.78 is 5.25. The van der Waals surface area contributed by atoms with E-state index >= 15 is 0 Å². The summed E-state index contributed by atoms with van der Waals surface area (Å²) in [5.74, 6) is 0. The monoisotopic (exact) mass is 198 g/mol. The lowest BCUT2D eigenvalue weighted by Crippen LogP contribution is -2.55. The van der Waals surface area contributed by atoms with Crippen LogP contribution in [0.3, 0.4) is 0 Å². The number of piperidine rings is 1. The van der Waals surface area contributed by atoms with Gasteiger partial charge in [-0.15, -0.1) is 0 Å². The van der Waals surface area contributed by atoms with Crippen LogP contribution in [0.25, 0.3) is 0 Å². The molecule has 2 atom stereocenters. The van der Waals surface area contributed by atoms with Crippen LogP contribution in [-0.2, 0) is 4.74 Å². The molecule has 0 aliphatic carbocycles. The number of rotatable bonds is 3. The highest BCUT2D eigenvalue weighted by Gasteiger charge is 2.34. The SMILES string of the molecule is CC1NCCCC1NCC1(C)COC1. The van der Waals surface area contributed by atoms with Gasteiger partial charge in [-0.2, -0.15) is 0 Å². The second-order valence-electron chi connectivity index (χ2n) is 5.18. The van der Waals surface area contributed by atoms with Gasteiger partial charge < -0.3 is 15.4 Å². The lowest BCUT2D eigenvalue weighted by Gasteiger charge is -2.41. The van der Waals surface area contributed by atoms with Gasteiger partial charge in [0, 0.05) is 24.0 Å². The van der Waals surface area contributed by atoms with Gasteiger partial charge in [0.05, 0.1) is 13.2 Å². The van der Waals surface area contributed by atoms with Crippen LogP contribution < -0.4 is 10.6 Å². The fourth-order valence-corrected chi connectivity index (χ4v) is 2.25. The fraction of sp³-hybridized carbons (Fsp3) is 1.00. The van der Waals surface area contributed by atoms with Crippen LogP contribution in [0, 0.1) is 5.41 Å². The Hall–Kier alpha value is -0.120. The molecule has 0 saturated carbocycles. The Kier molecular flexibility index (Phi) is 3.10. The summed E-state index contributed by atoms with van der Waals surface area (Å²) in [6.07, 6.45) is 2.61. The van der Waals surface area contributed by atoms with E-state index in [-0.39, 0.29) is 0 Å². The zero-order valence-electron chi connectivity index (χ0n) is 9.31. The minimum Gasteiger partial charge on any atom is -0.380 e. The first-order valence-corrected chi connectivity index (χ1v) is 5.74. The third-order valence-electron chi connectivity index (χ3n) is 3.45. The van der Waals surface area contributed by atoms with E-state index in [1.165, 1.54) is 19.4 Å². The topological polar surface area (TPSA) is 33.3 Å². The molecule has 0 spiro atoms. The van der Waals surface area contributed by atoms with Crippen molar-refractivity contribution < 1.29 is 4.74 Å². The van der Waals surface area contributed by atoms with Crippen molar-refractivity contribution in [3.8, 4) is 0 Å². The molecule has 2 aliphatic rings. The van der Waals surface area contributed by atoms with Crippen LogP contribution in [0.4, 0.5) is 0 Å². The van der Waals surface area contributed by atoms with Crippen LogP contribution in [0.15, 0.2) is 0 Å². The lowest BCUT2D eigenvalue weighted by molar-refractivity contribution is -0.101. The third kappa shape index (κ3) is 2.27. The van der Waals surface area contributed by atoms with E-state index in [2.05, 4.69) is 24.5 Å². The Balaban J connectivity index is 1.73. The molecule has 82 valence electrons. The molecule has 3 nitrogen and oxygen atoms in total. The molecule has 2 fully saturated rings. The molecule has 0 bridgehead atoms. The molecular formula is C11H22N2O. The molecule has 0 aromatic heterocycles. The van der Waals surface area contributed by atoms with Gasteiger partial charge in [0.15, 0.2) is 0 Å². The summed E-state index contributed by atoms with van der Waals surface area (Å²) in [6, 6.07) is 1.27. The normalized spacial score (nSPS) is 36.4. The van der Waals surface area contributed by atoms with Crippen molar-refractivity contribution in [3.05, 3.63) is 0 Å². The van der Waals surface area contributed by atoms with Gasteiger partial charge in [0.25, 0.3) is 0 Å². The van der Waals surface area contributed by atoms with Gasteiger partial charge in [-0.3, -0.25) is 0 Å². The zero-order chi connectivity index (χ0) is 10.0. The molecule has 0 aromatic carbocycles. The molecule has 2 N–H and O–H groups in total. The van der Waals surface area contributed by atoms with Gasteiger partial charge >= 0.3 is 0 Å². The summed E-state index contributed by atoms with van der Waals surface area (Å²) in [5, 5.41) is 7.18. The predicted octanol–water partition coefficient (Wildman–Crippen LogP) is 0.753. The maximum Gasteiger partial charge on any atom is 0.0554 e. The molecule has 0 amide bonds. The average Bonchev–Trinajstić information content (AvgIpc) is 2.14. The van der Waals surface area contributed by atoms with E-state index in [4.69, 9.17) is 4.74 Å². The second kappa shape index (κ2) is 4.17. The lowest BCUT2D eigenvalue weighted by atomic mass is 9.87. The summed E-state index contributed by atoms with van der Waals surface area (Å²) >= 11 is 0. The van der Waals surface area contributed by atoms with Crippen LogP contribution in [0.5, 0.6) is 0 Å². The molecule has 2 aliphatic heterocycles. The van der Waals surface area contributed by atoms with Crippen molar-refractivity contribution in [2.45, 2.75) is 38.8 Å². The molecule has 0 radical (unpaired) electrons.